The second kappa shape index (κ2) is 5.46. The molecule has 5 nitrogen and oxygen atoms in total. The highest BCUT2D eigenvalue weighted by molar-refractivity contribution is 6.33. The Morgan fingerprint density at radius 1 is 1.19 bits per heavy atom. The molecule has 106 valence electrons. The molecule has 0 saturated carbocycles. The minimum Gasteiger partial charge on any atom is -0.495 e. The predicted molar refractivity (Wildman–Crippen MR) is 81.1 cm³/mol. The van der Waals surface area contributed by atoms with E-state index in [4.69, 9.17) is 26.6 Å². The van der Waals surface area contributed by atoms with Gasteiger partial charge in [-0.15, -0.1) is 0 Å². The van der Waals surface area contributed by atoms with Crippen molar-refractivity contribution in [1.29, 1.82) is 0 Å². The van der Waals surface area contributed by atoms with Crippen LogP contribution in [0.5, 0.6) is 5.75 Å². The number of ether oxygens (including phenoxy) is 1. The molecule has 3 rings (SSSR count). The Hall–Kier alpha value is -2.53. The fourth-order valence-corrected chi connectivity index (χ4v) is 2.18. The Kier molecular flexibility index (Phi) is 3.50. The molecular formula is C15H12ClN3O2. The molecule has 0 fully saturated rings. The molecule has 0 unspecified atom stereocenters. The van der Waals surface area contributed by atoms with Crippen molar-refractivity contribution in [3.63, 3.8) is 0 Å². The van der Waals surface area contributed by atoms with Crippen molar-refractivity contribution < 1.29 is 9.26 Å². The van der Waals surface area contributed by atoms with Crippen LogP contribution in [0.2, 0.25) is 5.02 Å². The monoisotopic (exact) mass is 301 g/mol. The zero-order chi connectivity index (χ0) is 14.8. The van der Waals surface area contributed by atoms with Crippen molar-refractivity contribution >= 4 is 17.3 Å². The van der Waals surface area contributed by atoms with Crippen molar-refractivity contribution in [2.24, 2.45) is 0 Å². The quantitative estimate of drug-likeness (QED) is 0.747. The molecule has 0 aliphatic rings. The third kappa shape index (κ3) is 2.55. The molecule has 0 aliphatic heterocycles. The number of nitrogen functional groups attached to an aromatic ring is 1. The first-order chi connectivity index (χ1) is 10.2. The first kappa shape index (κ1) is 13.5. The van der Waals surface area contributed by atoms with Gasteiger partial charge in [0.05, 0.1) is 17.8 Å². The van der Waals surface area contributed by atoms with E-state index in [2.05, 4.69) is 10.1 Å². The maximum absolute atomic E-state index is 6.12. The summed E-state index contributed by atoms with van der Waals surface area (Å²) < 4.78 is 10.4. The summed E-state index contributed by atoms with van der Waals surface area (Å²) in [5.74, 6) is 1.41. The van der Waals surface area contributed by atoms with Crippen LogP contribution < -0.4 is 10.5 Å². The predicted octanol–water partition coefficient (Wildman–Crippen LogP) is 3.65. The molecule has 1 aromatic heterocycles. The zero-order valence-corrected chi connectivity index (χ0v) is 12.0. The van der Waals surface area contributed by atoms with Gasteiger partial charge >= 0.3 is 0 Å². The molecule has 6 heteroatoms. The lowest BCUT2D eigenvalue weighted by molar-refractivity contribution is 0.416. The Labute approximate surface area is 126 Å². The minimum absolute atomic E-state index is 0.374. The molecule has 3 aromatic rings. The molecule has 0 radical (unpaired) electrons. The largest absolute Gasteiger partial charge is 0.495 e. The zero-order valence-electron chi connectivity index (χ0n) is 11.2. The highest BCUT2D eigenvalue weighted by atomic mass is 35.5. The molecular weight excluding hydrogens is 290 g/mol. The van der Waals surface area contributed by atoms with Crippen LogP contribution in [0.15, 0.2) is 47.0 Å². The second-order valence-electron chi connectivity index (χ2n) is 4.36. The van der Waals surface area contributed by atoms with Crippen LogP contribution in [0.25, 0.3) is 22.8 Å². The fraction of sp³-hybridized carbons (Fsp3) is 0.0667. The van der Waals surface area contributed by atoms with E-state index in [0.29, 0.717) is 28.2 Å². The van der Waals surface area contributed by atoms with Crippen LogP contribution in [-0.2, 0) is 0 Å². The van der Waals surface area contributed by atoms with E-state index in [0.717, 1.165) is 11.1 Å². The number of hydrogen-bond donors (Lipinski definition) is 1. The molecule has 0 spiro atoms. The minimum atomic E-state index is 0.374. The van der Waals surface area contributed by atoms with E-state index in [1.807, 2.05) is 18.2 Å². The lowest BCUT2D eigenvalue weighted by Gasteiger charge is -2.04. The van der Waals surface area contributed by atoms with Crippen LogP contribution in [0.3, 0.4) is 0 Å². The van der Waals surface area contributed by atoms with Crippen LogP contribution >= 0.6 is 11.6 Å². The van der Waals surface area contributed by atoms with Crippen LogP contribution in [0.4, 0.5) is 5.69 Å². The standard InChI is InChI=1S/C15H12ClN3O2/c1-20-13-7-6-9(8-12(13)17)15-18-14(19-21-15)10-4-2-3-5-11(10)16/h2-8H,17H2,1H3. The average molecular weight is 302 g/mol. The molecule has 2 N–H and O–H groups in total. The van der Waals surface area contributed by atoms with Crippen LogP contribution in [0, 0.1) is 0 Å². The van der Waals surface area contributed by atoms with E-state index < -0.39 is 0 Å². The van der Waals surface area contributed by atoms with E-state index in [-0.39, 0.29) is 0 Å². The van der Waals surface area contributed by atoms with Crippen molar-refractivity contribution in [1.82, 2.24) is 10.1 Å². The van der Waals surface area contributed by atoms with Gasteiger partial charge in [-0.25, -0.2) is 0 Å². The molecule has 21 heavy (non-hydrogen) atoms. The molecule has 1 heterocycles. The third-order valence-corrected chi connectivity index (χ3v) is 3.35. The van der Waals surface area contributed by atoms with Crippen LogP contribution in [0.1, 0.15) is 0 Å². The average Bonchev–Trinajstić information content (AvgIpc) is 2.97. The van der Waals surface area contributed by atoms with Gasteiger partial charge in [0.1, 0.15) is 5.75 Å². The lowest BCUT2D eigenvalue weighted by atomic mass is 10.2. The summed E-state index contributed by atoms with van der Waals surface area (Å²) in [5, 5.41) is 4.52. The first-order valence-corrected chi connectivity index (χ1v) is 6.59. The molecule has 0 saturated heterocycles. The number of nitrogens with two attached hydrogens (primary N) is 1. The highest BCUT2D eigenvalue weighted by Crippen LogP contribution is 2.30. The van der Waals surface area contributed by atoms with E-state index >= 15 is 0 Å². The topological polar surface area (TPSA) is 74.2 Å². The molecule has 0 amide bonds. The number of methoxy groups -OCH3 is 1. The van der Waals surface area contributed by atoms with Crippen LogP contribution in [-0.4, -0.2) is 17.3 Å². The lowest BCUT2D eigenvalue weighted by Crippen LogP contribution is -1.92. The van der Waals surface area contributed by atoms with Gasteiger partial charge in [-0.3, -0.25) is 0 Å². The maximum Gasteiger partial charge on any atom is 0.258 e. The number of halogens is 1. The summed E-state index contributed by atoms with van der Waals surface area (Å²) in [7, 11) is 1.56. The van der Waals surface area contributed by atoms with Crippen molar-refractivity contribution in [3.05, 3.63) is 47.5 Å². The number of hydrogen-bond acceptors (Lipinski definition) is 5. The fourth-order valence-electron chi connectivity index (χ4n) is 1.96. The first-order valence-electron chi connectivity index (χ1n) is 6.21. The van der Waals surface area contributed by atoms with Gasteiger partial charge in [-0.1, -0.05) is 28.9 Å². The van der Waals surface area contributed by atoms with Crippen molar-refractivity contribution in [3.8, 4) is 28.6 Å². The number of nitrogens with zero attached hydrogens (tertiary/aromatic N) is 2. The highest BCUT2D eigenvalue weighted by Gasteiger charge is 2.13. The third-order valence-electron chi connectivity index (χ3n) is 3.02. The van der Waals surface area contributed by atoms with E-state index in [1.54, 1.807) is 31.4 Å². The van der Waals surface area contributed by atoms with E-state index in [1.165, 1.54) is 0 Å². The Balaban J connectivity index is 1.99. The SMILES string of the molecule is COc1ccc(-c2nc(-c3ccccc3Cl)no2)cc1N. The van der Waals surface area contributed by atoms with Crippen molar-refractivity contribution in [2.75, 3.05) is 12.8 Å². The Morgan fingerprint density at radius 2 is 2.00 bits per heavy atom. The summed E-state index contributed by atoms with van der Waals surface area (Å²) in [5.41, 5.74) is 7.82. The van der Waals surface area contributed by atoms with Gasteiger partial charge in [0.15, 0.2) is 0 Å². The summed E-state index contributed by atoms with van der Waals surface area (Å²) in [6.45, 7) is 0. The van der Waals surface area contributed by atoms with Gasteiger partial charge in [-0.05, 0) is 30.3 Å². The summed E-state index contributed by atoms with van der Waals surface area (Å²) >= 11 is 6.12. The number of benzene rings is 2. The van der Waals surface area contributed by atoms with Gasteiger partial charge in [0.25, 0.3) is 5.89 Å². The molecule has 2 aromatic carbocycles. The summed E-state index contributed by atoms with van der Waals surface area (Å²) in [6, 6.07) is 12.6. The molecule has 0 atom stereocenters. The molecule has 0 bridgehead atoms. The smallest absolute Gasteiger partial charge is 0.258 e. The summed E-state index contributed by atoms with van der Waals surface area (Å²) in [4.78, 5) is 4.35. The van der Waals surface area contributed by atoms with E-state index in [9.17, 15) is 0 Å². The maximum atomic E-state index is 6.12. The van der Waals surface area contributed by atoms with Gasteiger partial charge in [-0.2, -0.15) is 4.98 Å². The Bertz CT molecular complexity index is 786. The van der Waals surface area contributed by atoms with Crippen molar-refractivity contribution in [2.45, 2.75) is 0 Å². The summed E-state index contributed by atoms with van der Waals surface area (Å²) in [6.07, 6.45) is 0. The van der Waals surface area contributed by atoms with Gasteiger partial charge in [0, 0.05) is 11.1 Å². The number of anilines is 1. The number of rotatable bonds is 3. The number of aromatic nitrogens is 2. The Morgan fingerprint density at radius 3 is 2.71 bits per heavy atom. The van der Waals surface area contributed by atoms with Gasteiger partial charge < -0.3 is 15.0 Å². The second-order valence-corrected chi connectivity index (χ2v) is 4.77. The normalized spacial score (nSPS) is 10.6. The van der Waals surface area contributed by atoms with Gasteiger partial charge in [0.2, 0.25) is 5.82 Å². The molecule has 0 aliphatic carbocycles.